The lowest BCUT2D eigenvalue weighted by molar-refractivity contribution is 0.0926. The van der Waals surface area contributed by atoms with Gasteiger partial charge < -0.3 is 15.0 Å². The molecule has 1 aliphatic rings. The first-order valence-electron chi connectivity index (χ1n) is 11.6. The number of hydrogen-bond acceptors (Lipinski definition) is 5. The maximum absolute atomic E-state index is 12.1. The Morgan fingerprint density at radius 3 is 2.44 bits per heavy atom. The zero-order valence-corrected chi connectivity index (χ0v) is 19.3. The Morgan fingerprint density at radius 2 is 1.76 bits per heavy atom. The molecule has 1 atom stereocenters. The van der Waals surface area contributed by atoms with Crippen LogP contribution in [0.3, 0.4) is 0 Å². The van der Waals surface area contributed by atoms with Crippen molar-refractivity contribution in [2.45, 2.75) is 38.3 Å². The fourth-order valence-corrected chi connectivity index (χ4v) is 4.28. The summed E-state index contributed by atoms with van der Waals surface area (Å²) in [6, 6.07) is 19.9. The molecule has 8 heteroatoms. The molecule has 2 heterocycles. The van der Waals surface area contributed by atoms with Gasteiger partial charge in [0.15, 0.2) is 0 Å². The molecule has 3 aromatic rings. The van der Waals surface area contributed by atoms with Crippen LogP contribution >= 0.6 is 0 Å². The molecule has 34 heavy (non-hydrogen) atoms. The van der Waals surface area contributed by atoms with Crippen LogP contribution in [0.15, 0.2) is 70.3 Å². The van der Waals surface area contributed by atoms with E-state index < -0.39 is 17.2 Å². The van der Waals surface area contributed by atoms with Crippen LogP contribution in [-0.2, 0) is 6.54 Å². The average molecular weight is 463 g/mol. The van der Waals surface area contributed by atoms with Gasteiger partial charge in [0.1, 0.15) is 17.5 Å². The van der Waals surface area contributed by atoms with Crippen LogP contribution in [-0.4, -0.2) is 46.5 Å². The van der Waals surface area contributed by atoms with E-state index in [1.165, 1.54) is 24.0 Å². The van der Waals surface area contributed by atoms with Crippen molar-refractivity contribution >= 4 is 5.91 Å². The van der Waals surface area contributed by atoms with Crippen molar-refractivity contribution in [1.82, 2.24) is 20.2 Å². The molecular weight excluding hydrogens is 432 g/mol. The number of hydrogen-bond donors (Lipinski definition) is 3. The zero-order chi connectivity index (χ0) is 23.9. The largest absolute Gasteiger partial charge is 0.489 e. The van der Waals surface area contributed by atoms with Gasteiger partial charge in [0, 0.05) is 12.6 Å². The molecule has 4 rings (SSSR count). The zero-order valence-electron chi connectivity index (χ0n) is 19.3. The predicted octanol–water partition coefficient (Wildman–Crippen LogP) is 2.64. The number of benzene rings is 2. The molecule has 0 saturated carbocycles. The minimum atomic E-state index is -0.720. The molecule has 1 amide bonds. The second-order valence-electron chi connectivity index (χ2n) is 8.74. The van der Waals surface area contributed by atoms with E-state index in [2.05, 4.69) is 57.7 Å². The Balaban J connectivity index is 1.21. The summed E-state index contributed by atoms with van der Waals surface area (Å²) in [5, 5.41) is 2.66. The standard InChI is InChI=1S/C26H30N4O4/c1-18(16-27-25(32)23-15-24(31)29-26(33)28-23)34-22-9-7-19(8-10-22)17-30-13-11-21(12-14-30)20-5-3-2-4-6-20/h2-10,15,18,21H,11-14,16-17H2,1H3,(H,27,32)(H2,28,29,31,33). The van der Waals surface area contributed by atoms with Gasteiger partial charge in [-0.05, 0) is 62.0 Å². The van der Waals surface area contributed by atoms with Gasteiger partial charge in [-0.1, -0.05) is 42.5 Å². The summed E-state index contributed by atoms with van der Waals surface area (Å²) in [4.78, 5) is 41.6. The van der Waals surface area contributed by atoms with Crippen molar-refractivity contribution in [3.63, 3.8) is 0 Å². The van der Waals surface area contributed by atoms with E-state index >= 15 is 0 Å². The van der Waals surface area contributed by atoms with E-state index in [9.17, 15) is 14.4 Å². The van der Waals surface area contributed by atoms with Crippen LogP contribution in [0.25, 0.3) is 0 Å². The first-order valence-corrected chi connectivity index (χ1v) is 11.6. The highest BCUT2D eigenvalue weighted by molar-refractivity contribution is 5.92. The van der Waals surface area contributed by atoms with E-state index in [1.54, 1.807) is 0 Å². The van der Waals surface area contributed by atoms with Gasteiger partial charge in [-0.2, -0.15) is 0 Å². The van der Waals surface area contributed by atoms with E-state index in [4.69, 9.17) is 4.74 Å². The van der Waals surface area contributed by atoms with Crippen molar-refractivity contribution < 1.29 is 9.53 Å². The summed E-state index contributed by atoms with van der Waals surface area (Å²) in [5.74, 6) is 0.834. The monoisotopic (exact) mass is 462 g/mol. The molecule has 8 nitrogen and oxygen atoms in total. The summed E-state index contributed by atoms with van der Waals surface area (Å²) in [5.41, 5.74) is 1.25. The van der Waals surface area contributed by atoms with Gasteiger partial charge in [-0.15, -0.1) is 0 Å². The Bertz CT molecular complexity index is 1170. The van der Waals surface area contributed by atoms with Crippen molar-refractivity contribution in [2.75, 3.05) is 19.6 Å². The maximum atomic E-state index is 12.1. The molecule has 1 unspecified atom stereocenters. The third-order valence-corrected chi connectivity index (χ3v) is 6.08. The predicted molar refractivity (Wildman–Crippen MR) is 130 cm³/mol. The number of nitrogens with zero attached hydrogens (tertiary/aromatic N) is 1. The fraction of sp³-hybridized carbons (Fsp3) is 0.346. The van der Waals surface area contributed by atoms with Crippen molar-refractivity contribution in [3.8, 4) is 5.75 Å². The molecule has 1 saturated heterocycles. The lowest BCUT2D eigenvalue weighted by atomic mass is 9.89. The van der Waals surface area contributed by atoms with Crippen LogP contribution in [0.2, 0.25) is 0 Å². The summed E-state index contributed by atoms with van der Waals surface area (Å²) >= 11 is 0. The van der Waals surface area contributed by atoms with E-state index in [0.29, 0.717) is 5.92 Å². The summed E-state index contributed by atoms with van der Waals surface area (Å²) in [6.07, 6.45) is 2.07. The SMILES string of the molecule is CC(CNC(=O)c1cc(=O)[nH]c(=O)[nH]1)Oc1ccc(CN2CCC(c3ccccc3)CC2)cc1. The molecule has 0 spiro atoms. The number of H-pyrrole nitrogens is 2. The number of ether oxygens (including phenoxy) is 1. The van der Waals surface area contributed by atoms with E-state index in [-0.39, 0.29) is 18.3 Å². The third kappa shape index (κ3) is 6.45. The van der Waals surface area contributed by atoms with Gasteiger partial charge in [0.2, 0.25) is 0 Å². The van der Waals surface area contributed by atoms with Gasteiger partial charge in [0.05, 0.1) is 6.54 Å². The lowest BCUT2D eigenvalue weighted by Crippen LogP contribution is -2.36. The maximum Gasteiger partial charge on any atom is 0.326 e. The van der Waals surface area contributed by atoms with Gasteiger partial charge in [-0.25, -0.2) is 4.79 Å². The van der Waals surface area contributed by atoms with Crippen molar-refractivity contribution in [1.29, 1.82) is 0 Å². The van der Waals surface area contributed by atoms with Crippen LogP contribution < -0.4 is 21.3 Å². The molecule has 1 aliphatic heterocycles. The molecule has 1 aromatic heterocycles. The minimum absolute atomic E-state index is 0.0851. The number of likely N-dealkylation sites (tertiary alicyclic amines) is 1. The number of carbonyl (C=O) groups excluding carboxylic acids is 1. The molecule has 178 valence electrons. The molecule has 0 radical (unpaired) electrons. The molecule has 1 fully saturated rings. The third-order valence-electron chi connectivity index (χ3n) is 6.08. The van der Waals surface area contributed by atoms with Gasteiger partial charge >= 0.3 is 5.69 Å². The number of piperidine rings is 1. The summed E-state index contributed by atoms with van der Waals surface area (Å²) in [7, 11) is 0. The first kappa shape index (κ1) is 23.5. The smallest absolute Gasteiger partial charge is 0.326 e. The number of amides is 1. The molecular formula is C26H30N4O4. The fourth-order valence-electron chi connectivity index (χ4n) is 4.28. The number of aromatic nitrogens is 2. The van der Waals surface area contributed by atoms with Crippen LogP contribution in [0.4, 0.5) is 0 Å². The number of rotatable bonds is 8. The Hall–Kier alpha value is -3.65. The molecule has 0 aliphatic carbocycles. The second-order valence-corrected chi connectivity index (χ2v) is 8.74. The van der Waals surface area contributed by atoms with E-state index in [0.717, 1.165) is 31.5 Å². The Labute approximate surface area is 198 Å². The second kappa shape index (κ2) is 11.0. The average Bonchev–Trinajstić information content (AvgIpc) is 2.84. The van der Waals surface area contributed by atoms with Gasteiger partial charge in [0.25, 0.3) is 11.5 Å². The summed E-state index contributed by atoms with van der Waals surface area (Å²) < 4.78 is 5.89. The molecule has 2 aromatic carbocycles. The number of aromatic amines is 2. The minimum Gasteiger partial charge on any atom is -0.489 e. The number of carbonyl (C=O) groups is 1. The lowest BCUT2D eigenvalue weighted by Gasteiger charge is -2.32. The van der Waals surface area contributed by atoms with Crippen LogP contribution in [0.1, 0.15) is 47.3 Å². The van der Waals surface area contributed by atoms with Crippen LogP contribution in [0.5, 0.6) is 5.75 Å². The molecule has 3 N–H and O–H groups in total. The highest BCUT2D eigenvalue weighted by atomic mass is 16.5. The highest BCUT2D eigenvalue weighted by Crippen LogP contribution is 2.28. The summed E-state index contributed by atoms with van der Waals surface area (Å²) in [6.45, 7) is 5.17. The quantitative estimate of drug-likeness (QED) is 0.477. The first-order chi connectivity index (χ1) is 16.5. The number of nitrogens with one attached hydrogen (secondary N) is 3. The molecule has 0 bridgehead atoms. The highest BCUT2D eigenvalue weighted by Gasteiger charge is 2.20. The van der Waals surface area contributed by atoms with Gasteiger partial charge in [-0.3, -0.25) is 19.5 Å². The van der Waals surface area contributed by atoms with Crippen molar-refractivity contribution in [2.24, 2.45) is 0 Å². The van der Waals surface area contributed by atoms with Crippen LogP contribution in [0, 0.1) is 0 Å². The Morgan fingerprint density at radius 1 is 1.06 bits per heavy atom. The topological polar surface area (TPSA) is 107 Å². The normalized spacial score (nSPS) is 15.6. The van der Waals surface area contributed by atoms with Crippen molar-refractivity contribution in [3.05, 3.63) is 98.3 Å². The van der Waals surface area contributed by atoms with E-state index in [1.807, 2.05) is 24.0 Å². The Kier molecular flexibility index (Phi) is 7.59.